The highest BCUT2D eigenvalue weighted by molar-refractivity contribution is 8.13. The second-order valence-corrected chi connectivity index (χ2v) is 8.46. The van der Waals surface area contributed by atoms with Gasteiger partial charge >= 0.3 is 6.09 Å². The van der Waals surface area contributed by atoms with Crippen LogP contribution in [-0.2, 0) is 9.53 Å². The lowest BCUT2D eigenvalue weighted by molar-refractivity contribution is -0.109. The number of carbonyl (C=O) groups excluding carboxylic acids is 2. The van der Waals surface area contributed by atoms with Crippen LogP contribution in [0.2, 0.25) is 0 Å². The molecule has 4 nitrogen and oxygen atoms in total. The van der Waals surface area contributed by atoms with Crippen LogP contribution in [0.25, 0.3) is 0 Å². The van der Waals surface area contributed by atoms with Gasteiger partial charge in [0, 0.05) is 24.8 Å². The van der Waals surface area contributed by atoms with Gasteiger partial charge in [-0.25, -0.2) is 4.79 Å². The van der Waals surface area contributed by atoms with Crippen LogP contribution < -0.4 is 0 Å². The fourth-order valence-corrected chi connectivity index (χ4v) is 4.22. The van der Waals surface area contributed by atoms with Gasteiger partial charge in [0.2, 0.25) is 0 Å². The Hall–Kier alpha value is -0.710. The van der Waals surface area contributed by atoms with E-state index in [4.69, 9.17) is 4.74 Å². The molecule has 0 radical (unpaired) electrons. The van der Waals surface area contributed by atoms with E-state index in [-0.39, 0.29) is 11.2 Å². The fourth-order valence-electron chi connectivity index (χ4n) is 3.48. The molecule has 5 heteroatoms. The molecular formula is C16H27NO3S. The Morgan fingerprint density at radius 1 is 1.19 bits per heavy atom. The fraction of sp³-hybridized carbons (Fsp3) is 0.875. The van der Waals surface area contributed by atoms with E-state index in [2.05, 4.69) is 0 Å². The summed E-state index contributed by atoms with van der Waals surface area (Å²) < 4.78 is 5.57. The first kappa shape index (κ1) is 16.7. The molecule has 2 fully saturated rings. The molecule has 0 aliphatic carbocycles. The van der Waals surface area contributed by atoms with E-state index in [0.29, 0.717) is 18.0 Å². The summed E-state index contributed by atoms with van der Waals surface area (Å²) >= 11 is 1.42. The largest absolute Gasteiger partial charge is 0.444 e. The third-order valence-electron chi connectivity index (χ3n) is 4.20. The second-order valence-electron chi connectivity index (χ2n) is 7.27. The van der Waals surface area contributed by atoms with Gasteiger partial charge in [-0.3, -0.25) is 4.79 Å². The van der Waals surface area contributed by atoms with E-state index >= 15 is 0 Å². The van der Waals surface area contributed by atoms with Gasteiger partial charge in [-0.05, 0) is 58.8 Å². The van der Waals surface area contributed by atoms with Gasteiger partial charge in [-0.2, -0.15) is 0 Å². The highest BCUT2D eigenvalue weighted by atomic mass is 32.2. The van der Waals surface area contributed by atoms with E-state index in [0.717, 1.165) is 31.4 Å². The average Bonchev–Trinajstić information content (AvgIpc) is 2.32. The van der Waals surface area contributed by atoms with Crippen LogP contribution >= 0.6 is 11.8 Å². The third-order valence-corrected chi connectivity index (χ3v) is 5.24. The zero-order valence-corrected chi connectivity index (χ0v) is 14.4. The third kappa shape index (κ3) is 4.63. The Balaban J connectivity index is 1.99. The molecule has 2 unspecified atom stereocenters. The molecule has 2 rings (SSSR count). The quantitative estimate of drug-likeness (QED) is 0.777. The number of piperidine rings is 2. The average molecular weight is 313 g/mol. The molecule has 0 aromatic rings. The van der Waals surface area contributed by atoms with Crippen LogP contribution in [0.3, 0.4) is 0 Å². The first-order chi connectivity index (χ1) is 9.76. The number of ether oxygens (including phenoxy) is 1. The van der Waals surface area contributed by atoms with Gasteiger partial charge in [0.1, 0.15) is 5.60 Å². The number of carbonyl (C=O) groups is 2. The van der Waals surface area contributed by atoms with Crippen molar-refractivity contribution < 1.29 is 14.3 Å². The van der Waals surface area contributed by atoms with E-state index < -0.39 is 5.60 Å². The lowest BCUT2D eigenvalue weighted by atomic mass is 9.79. The normalized spacial score (nSPS) is 29.1. The molecule has 2 aliphatic rings. The number of amides is 1. The number of fused-ring (bicyclic) bond motifs is 2. The summed E-state index contributed by atoms with van der Waals surface area (Å²) in [5.74, 6) is 1.44. The lowest BCUT2D eigenvalue weighted by Crippen LogP contribution is -2.56. The summed E-state index contributed by atoms with van der Waals surface area (Å²) in [7, 11) is 0. The predicted molar refractivity (Wildman–Crippen MR) is 85.4 cm³/mol. The molecule has 0 N–H and O–H groups in total. The van der Waals surface area contributed by atoms with Crippen molar-refractivity contribution in [1.29, 1.82) is 0 Å². The van der Waals surface area contributed by atoms with Gasteiger partial charge in [0.25, 0.3) is 0 Å². The number of hydrogen-bond donors (Lipinski definition) is 0. The summed E-state index contributed by atoms with van der Waals surface area (Å²) in [6, 6.07) is 0.592. The number of nitrogens with zero attached hydrogens (tertiary/aromatic N) is 1. The minimum atomic E-state index is -0.438. The van der Waals surface area contributed by atoms with Crippen molar-refractivity contribution in [3.63, 3.8) is 0 Å². The Labute approximate surface area is 132 Å². The van der Waals surface area contributed by atoms with E-state index in [9.17, 15) is 9.59 Å². The molecule has 2 bridgehead atoms. The standard InChI is InChI=1S/C16H27NO3S/c1-11(18)21-10-12-8-13-6-5-7-14(9-12)17(13)15(19)20-16(2,3)4/h12-14H,5-10H2,1-4H3. The molecule has 1 amide bonds. The van der Waals surface area contributed by atoms with Crippen molar-refractivity contribution in [2.45, 2.75) is 77.5 Å². The van der Waals surface area contributed by atoms with Crippen LogP contribution in [-0.4, -0.2) is 39.5 Å². The Bertz CT molecular complexity index is 391. The van der Waals surface area contributed by atoms with Crippen molar-refractivity contribution >= 4 is 23.0 Å². The van der Waals surface area contributed by atoms with Crippen molar-refractivity contribution in [3.05, 3.63) is 0 Å². The van der Waals surface area contributed by atoms with Gasteiger partial charge < -0.3 is 9.64 Å². The molecular weight excluding hydrogens is 286 g/mol. The number of thioether (sulfide) groups is 1. The van der Waals surface area contributed by atoms with Crippen molar-refractivity contribution in [3.8, 4) is 0 Å². The molecule has 0 spiro atoms. The summed E-state index contributed by atoms with van der Waals surface area (Å²) in [6.45, 7) is 7.37. The molecule has 21 heavy (non-hydrogen) atoms. The van der Waals surface area contributed by atoms with Crippen LogP contribution in [0, 0.1) is 5.92 Å². The molecule has 2 aliphatic heterocycles. The van der Waals surface area contributed by atoms with Crippen LogP contribution in [0.5, 0.6) is 0 Å². The Morgan fingerprint density at radius 2 is 1.76 bits per heavy atom. The van der Waals surface area contributed by atoms with Crippen molar-refractivity contribution in [2.24, 2.45) is 5.92 Å². The minimum Gasteiger partial charge on any atom is -0.444 e. The lowest BCUT2D eigenvalue weighted by Gasteiger charge is -2.48. The monoisotopic (exact) mass is 313 g/mol. The first-order valence-corrected chi connectivity index (χ1v) is 8.89. The van der Waals surface area contributed by atoms with Crippen molar-refractivity contribution in [1.82, 2.24) is 4.90 Å². The van der Waals surface area contributed by atoms with Crippen LogP contribution in [0.4, 0.5) is 4.79 Å². The van der Waals surface area contributed by atoms with E-state index in [1.807, 2.05) is 25.7 Å². The first-order valence-electron chi connectivity index (χ1n) is 7.91. The highest BCUT2D eigenvalue weighted by Crippen LogP contribution is 2.39. The molecule has 0 aromatic heterocycles. The number of hydrogen-bond acceptors (Lipinski definition) is 4. The molecule has 2 saturated heterocycles. The second kappa shape index (κ2) is 6.59. The van der Waals surface area contributed by atoms with Crippen LogP contribution in [0.1, 0.15) is 59.8 Å². The smallest absolute Gasteiger partial charge is 0.410 e. The topological polar surface area (TPSA) is 46.6 Å². The minimum absolute atomic E-state index is 0.158. The zero-order chi connectivity index (χ0) is 15.6. The molecule has 0 aromatic carbocycles. The van der Waals surface area contributed by atoms with Gasteiger partial charge in [-0.15, -0.1) is 0 Å². The molecule has 0 saturated carbocycles. The van der Waals surface area contributed by atoms with Crippen LogP contribution in [0.15, 0.2) is 0 Å². The van der Waals surface area contributed by atoms with E-state index in [1.165, 1.54) is 18.2 Å². The summed E-state index contributed by atoms with van der Waals surface area (Å²) in [5, 5.41) is 0.190. The molecule has 2 atom stereocenters. The predicted octanol–water partition coefficient (Wildman–Crippen LogP) is 3.83. The maximum atomic E-state index is 12.4. The Morgan fingerprint density at radius 3 is 2.24 bits per heavy atom. The van der Waals surface area contributed by atoms with Gasteiger partial charge in [0.15, 0.2) is 5.12 Å². The maximum absolute atomic E-state index is 12.4. The zero-order valence-electron chi connectivity index (χ0n) is 13.6. The highest BCUT2D eigenvalue weighted by Gasteiger charge is 2.42. The van der Waals surface area contributed by atoms with Crippen molar-refractivity contribution in [2.75, 3.05) is 5.75 Å². The maximum Gasteiger partial charge on any atom is 0.410 e. The Kier molecular flexibility index (Phi) is 5.23. The molecule has 120 valence electrons. The summed E-state index contributed by atoms with van der Waals surface area (Å²) in [5.41, 5.74) is -0.438. The molecule has 2 heterocycles. The van der Waals surface area contributed by atoms with E-state index in [1.54, 1.807) is 6.92 Å². The number of rotatable bonds is 2. The SMILES string of the molecule is CC(=O)SCC1CC2CCCC(C1)N2C(=O)OC(C)(C)C. The summed E-state index contributed by atoms with van der Waals surface area (Å²) in [6.07, 6.45) is 5.19. The van der Waals surface area contributed by atoms with Gasteiger partial charge in [-0.1, -0.05) is 11.8 Å². The summed E-state index contributed by atoms with van der Waals surface area (Å²) in [4.78, 5) is 25.6. The van der Waals surface area contributed by atoms with Gasteiger partial charge in [0.05, 0.1) is 0 Å².